The number of primary amides is 1. The van der Waals surface area contributed by atoms with Gasteiger partial charge >= 0.3 is 0 Å². The summed E-state index contributed by atoms with van der Waals surface area (Å²) >= 11 is 0. The second kappa shape index (κ2) is 5.92. The fraction of sp³-hybridized carbons (Fsp3) is 0.417. The van der Waals surface area contributed by atoms with Gasteiger partial charge in [-0.05, 0) is 30.7 Å². The van der Waals surface area contributed by atoms with Crippen molar-refractivity contribution in [1.29, 1.82) is 0 Å². The molecule has 0 spiro atoms. The summed E-state index contributed by atoms with van der Waals surface area (Å²) in [5.74, 6) is -0.0591. The first-order chi connectivity index (χ1) is 8.75. The second-order valence-electron chi connectivity index (χ2n) is 4.14. The quantitative estimate of drug-likeness (QED) is 0.834. The average Bonchev–Trinajstić information content (AvgIpc) is 2.34. The van der Waals surface area contributed by atoms with Crippen LogP contribution in [0.25, 0.3) is 0 Å². The molecule has 0 aliphatic carbocycles. The monoisotopic (exact) mass is 286 g/mol. The van der Waals surface area contributed by atoms with Crippen molar-refractivity contribution in [3.05, 3.63) is 24.3 Å². The van der Waals surface area contributed by atoms with E-state index in [1.807, 2.05) is 0 Å². The molecule has 0 aliphatic heterocycles. The molecule has 0 bridgehead atoms. The van der Waals surface area contributed by atoms with E-state index < -0.39 is 22.0 Å². The molecule has 0 radical (unpaired) electrons. The van der Waals surface area contributed by atoms with Gasteiger partial charge in [0.1, 0.15) is 5.75 Å². The molecule has 0 heterocycles. The molecule has 1 atom stereocenters. The summed E-state index contributed by atoms with van der Waals surface area (Å²) in [5, 5.41) is 0. The number of nitrogens with zero attached hydrogens (tertiary/aromatic N) is 1. The van der Waals surface area contributed by atoms with Gasteiger partial charge in [-0.3, -0.25) is 9.10 Å². The number of carbonyl (C=O) groups is 1. The van der Waals surface area contributed by atoms with E-state index in [2.05, 4.69) is 0 Å². The highest BCUT2D eigenvalue weighted by Gasteiger charge is 2.15. The SMILES string of the molecule is CC[C@@H](Oc1ccc(N(C)S(C)(=O)=O)cc1)C(N)=O. The molecule has 1 amide bonds. The van der Waals surface area contributed by atoms with Crippen LogP contribution in [0, 0.1) is 0 Å². The van der Waals surface area contributed by atoms with Gasteiger partial charge in [-0.25, -0.2) is 8.42 Å². The minimum absolute atomic E-state index is 0.469. The van der Waals surface area contributed by atoms with Crippen LogP contribution in [0.1, 0.15) is 13.3 Å². The van der Waals surface area contributed by atoms with Gasteiger partial charge in [-0.1, -0.05) is 6.92 Å². The summed E-state index contributed by atoms with van der Waals surface area (Å²) in [6.45, 7) is 1.79. The van der Waals surface area contributed by atoms with Gasteiger partial charge in [0.25, 0.3) is 5.91 Å². The molecule has 6 nitrogen and oxygen atoms in total. The summed E-state index contributed by atoms with van der Waals surface area (Å²) in [5.41, 5.74) is 5.69. The third-order valence-electron chi connectivity index (χ3n) is 2.66. The van der Waals surface area contributed by atoms with E-state index >= 15 is 0 Å². The minimum Gasteiger partial charge on any atom is -0.481 e. The highest BCUT2D eigenvalue weighted by molar-refractivity contribution is 7.92. The molecule has 19 heavy (non-hydrogen) atoms. The molecule has 106 valence electrons. The largest absolute Gasteiger partial charge is 0.481 e. The Bertz CT molecular complexity index is 539. The first-order valence-corrected chi connectivity index (χ1v) is 7.60. The van der Waals surface area contributed by atoms with Crippen molar-refractivity contribution in [2.45, 2.75) is 19.4 Å². The molecule has 0 unspecified atom stereocenters. The van der Waals surface area contributed by atoms with Crippen LogP contribution in [0.4, 0.5) is 5.69 Å². The maximum atomic E-state index is 11.4. The van der Waals surface area contributed by atoms with Crippen molar-refractivity contribution in [2.24, 2.45) is 5.73 Å². The molecule has 0 aliphatic rings. The smallest absolute Gasteiger partial charge is 0.258 e. The van der Waals surface area contributed by atoms with Crippen molar-refractivity contribution in [3.63, 3.8) is 0 Å². The topological polar surface area (TPSA) is 89.7 Å². The highest BCUT2D eigenvalue weighted by atomic mass is 32.2. The molecule has 0 saturated carbocycles. The molecular formula is C12H18N2O4S. The number of sulfonamides is 1. The van der Waals surface area contributed by atoms with Gasteiger partial charge in [0.2, 0.25) is 10.0 Å². The van der Waals surface area contributed by atoms with Crippen molar-refractivity contribution in [2.75, 3.05) is 17.6 Å². The van der Waals surface area contributed by atoms with E-state index in [0.29, 0.717) is 17.9 Å². The number of amides is 1. The molecule has 1 aromatic rings. The van der Waals surface area contributed by atoms with Crippen LogP contribution in [0.2, 0.25) is 0 Å². The third-order valence-corrected chi connectivity index (χ3v) is 3.87. The van der Waals surface area contributed by atoms with Crippen LogP contribution < -0.4 is 14.8 Å². The normalized spacial score (nSPS) is 12.8. The fourth-order valence-electron chi connectivity index (χ4n) is 1.43. The van der Waals surface area contributed by atoms with Crippen molar-refractivity contribution in [1.82, 2.24) is 0 Å². The number of hydrogen-bond donors (Lipinski definition) is 1. The standard InChI is InChI=1S/C12H18N2O4S/c1-4-11(12(13)15)18-10-7-5-9(6-8-10)14(2)19(3,16)17/h5-8,11H,4H2,1-3H3,(H2,13,15)/t11-/m1/s1. The zero-order valence-corrected chi connectivity index (χ0v) is 12.0. The second-order valence-corrected chi connectivity index (χ2v) is 6.16. The van der Waals surface area contributed by atoms with Gasteiger partial charge in [-0.15, -0.1) is 0 Å². The predicted molar refractivity (Wildman–Crippen MR) is 73.6 cm³/mol. The number of nitrogens with two attached hydrogens (primary N) is 1. The lowest BCUT2D eigenvalue weighted by Gasteiger charge is -2.18. The van der Waals surface area contributed by atoms with Gasteiger partial charge in [0.05, 0.1) is 11.9 Å². The van der Waals surface area contributed by atoms with Crippen LogP contribution in [-0.4, -0.2) is 33.7 Å². The Morgan fingerprint density at radius 2 is 1.89 bits per heavy atom. The lowest BCUT2D eigenvalue weighted by molar-refractivity contribution is -0.124. The molecule has 1 rings (SSSR count). The third kappa shape index (κ3) is 4.13. The fourth-order valence-corrected chi connectivity index (χ4v) is 1.94. The van der Waals surface area contributed by atoms with E-state index in [-0.39, 0.29) is 0 Å². The summed E-state index contributed by atoms with van der Waals surface area (Å²) in [6.07, 6.45) is 0.913. The Hall–Kier alpha value is -1.76. The predicted octanol–water partition coefficient (Wildman–Crippen LogP) is 0.725. The maximum Gasteiger partial charge on any atom is 0.258 e. The summed E-state index contributed by atoms with van der Waals surface area (Å²) in [6, 6.07) is 6.40. The highest BCUT2D eigenvalue weighted by Crippen LogP contribution is 2.21. The van der Waals surface area contributed by atoms with Crippen LogP contribution in [0.3, 0.4) is 0 Å². The Labute approximate surface area is 113 Å². The Morgan fingerprint density at radius 3 is 2.26 bits per heavy atom. The Kier molecular flexibility index (Phi) is 4.77. The van der Waals surface area contributed by atoms with E-state index in [0.717, 1.165) is 10.6 Å². The number of benzene rings is 1. The lowest BCUT2D eigenvalue weighted by atomic mass is 10.2. The summed E-state index contributed by atoms with van der Waals surface area (Å²) < 4.78 is 29.3. The molecule has 7 heteroatoms. The number of ether oxygens (including phenoxy) is 1. The first kappa shape index (κ1) is 15.3. The Morgan fingerprint density at radius 1 is 1.37 bits per heavy atom. The van der Waals surface area contributed by atoms with Crippen molar-refractivity contribution in [3.8, 4) is 5.75 Å². The van der Waals surface area contributed by atoms with E-state index in [9.17, 15) is 13.2 Å². The molecule has 0 aromatic heterocycles. The van der Waals surface area contributed by atoms with Crippen molar-refractivity contribution < 1.29 is 17.9 Å². The van der Waals surface area contributed by atoms with Gasteiger partial charge < -0.3 is 10.5 Å². The van der Waals surface area contributed by atoms with Crippen LogP contribution in [-0.2, 0) is 14.8 Å². The number of hydrogen-bond acceptors (Lipinski definition) is 4. The van der Waals surface area contributed by atoms with E-state index in [1.54, 1.807) is 31.2 Å². The number of carbonyl (C=O) groups excluding carboxylic acids is 1. The maximum absolute atomic E-state index is 11.4. The van der Waals surface area contributed by atoms with Crippen molar-refractivity contribution >= 4 is 21.6 Å². The van der Waals surface area contributed by atoms with E-state index in [4.69, 9.17) is 10.5 Å². The molecule has 1 aromatic carbocycles. The van der Waals surface area contributed by atoms with Gasteiger partial charge in [0.15, 0.2) is 6.10 Å². The lowest BCUT2D eigenvalue weighted by Crippen LogP contribution is -2.33. The van der Waals surface area contributed by atoms with Gasteiger partial charge in [0, 0.05) is 7.05 Å². The average molecular weight is 286 g/mol. The molecule has 0 saturated heterocycles. The minimum atomic E-state index is -3.29. The van der Waals surface area contributed by atoms with Crippen LogP contribution in [0.15, 0.2) is 24.3 Å². The van der Waals surface area contributed by atoms with Crippen LogP contribution in [0.5, 0.6) is 5.75 Å². The zero-order valence-electron chi connectivity index (χ0n) is 11.2. The molecule has 0 fully saturated rings. The first-order valence-electron chi connectivity index (χ1n) is 5.75. The zero-order chi connectivity index (χ0) is 14.6. The number of anilines is 1. The molecular weight excluding hydrogens is 268 g/mol. The molecule has 2 N–H and O–H groups in total. The summed E-state index contributed by atoms with van der Waals surface area (Å²) in [7, 11) is -1.83. The Balaban J connectivity index is 2.85. The van der Waals surface area contributed by atoms with E-state index in [1.165, 1.54) is 7.05 Å². The van der Waals surface area contributed by atoms with Crippen LogP contribution >= 0.6 is 0 Å². The van der Waals surface area contributed by atoms with Gasteiger partial charge in [-0.2, -0.15) is 0 Å². The number of rotatable bonds is 6. The summed E-state index contributed by atoms with van der Waals surface area (Å²) in [4.78, 5) is 11.1.